The second-order valence-corrected chi connectivity index (χ2v) is 5.77. The zero-order chi connectivity index (χ0) is 19.7. The number of nitrogens with one attached hydrogen (secondary N) is 2. The van der Waals surface area contributed by atoms with E-state index in [1.807, 2.05) is 6.92 Å². The van der Waals surface area contributed by atoms with Crippen molar-refractivity contribution in [2.24, 2.45) is 4.99 Å². The molecule has 6 nitrogen and oxygen atoms in total. The molecule has 0 bridgehead atoms. The Balaban J connectivity index is 0.00000676. The maximum absolute atomic E-state index is 12.5. The van der Waals surface area contributed by atoms with Crippen molar-refractivity contribution in [2.45, 2.75) is 19.8 Å². The Bertz CT molecular complexity index is 664. The van der Waals surface area contributed by atoms with Crippen LogP contribution in [0.5, 0.6) is 5.75 Å². The molecule has 2 N–H and O–H groups in total. The van der Waals surface area contributed by atoms with Gasteiger partial charge in [0, 0.05) is 26.2 Å². The summed E-state index contributed by atoms with van der Waals surface area (Å²) < 4.78 is 41.4. The Morgan fingerprint density at radius 1 is 1.22 bits per heavy atom. The van der Waals surface area contributed by atoms with Crippen molar-refractivity contribution >= 4 is 35.8 Å². The second kappa shape index (κ2) is 11.7. The molecule has 0 atom stereocenters. The first-order chi connectivity index (χ1) is 12.1. The Morgan fingerprint density at radius 2 is 1.81 bits per heavy atom. The summed E-state index contributed by atoms with van der Waals surface area (Å²) in [6.07, 6.45) is -4.78. The predicted octanol–water partition coefficient (Wildman–Crippen LogP) is 2.90. The van der Waals surface area contributed by atoms with Gasteiger partial charge in [0.2, 0.25) is 5.91 Å². The van der Waals surface area contributed by atoms with E-state index < -0.39 is 6.36 Å². The van der Waals surface area contributed by atoms with Gasteiger partial charge in [-0.15, -0.1) is 37.1 Å². The van der Waals surface area contributed by atoms with Crippen LogP contribution in [-0.4, -0.2) is 50.3 Å². The molecule has 1 aromatic rings. The van der Waals surface area contributed by atoms with Gasteiger partial charge in [-0.25, -0.2) is 4.99 Å². The lowest BCUT2D eigenvalue weighted by Crippen LogP contribution is -2.43. The van der Waals surface area contributed by atoms with Crippen LogP contribution in [0.2, 0.25) is 0 Å². The number of ether oxygens (including phenoxy) is 1. The molecule has 0 unspecified atom stereocenters. The molecule has 0 saturated carbocycles. The number of likely N-dealkylation sites (N-methyl/N-ethyl adjacent to an activating group) is 1. The number of nitrogens with zero attached hydrogens (tertiary/aromatic N) is 2. The van der Waals surface area contributed by atoms with Crippen molar-refractivity contribution in [1.82, 2.24) is 15.5 Å². The largest absolute Gasteiger partial charge is 0.573 e. The third kappa shape index (κ3) is 10.7. The van der Waals surface area contributed by atoms with E-state index in [0.29, 0.717) is 6.54 Å². The molecule has 10 heteroatoms. The molecule has 152 valence electrons. The van der Waals surface area contributed by atoms with Crippen molar-refractivity contribution in [2.75, 3.05) is 27.2 Å². The van der Waals surface area contributed by atoms with Gasteiger partial charge in [-0.3, -0.25) is 4.79 Å². The maximum atomic E-state index is 12.5. The van der Waals surface area contributed by atoms with Crippen LogP contribution in [0.1, 0.15) is 12.5 Å². The van der Waals surface area contributed by atoms with Gasteiger partial charge in [0.25, 0.3) is 0 Å². The summed E-state index contributed by atoms with van der Waals surface area (Å²) in [5.74, 6) is -0.201. The molecule has 1 amide bonds. The minimum Gasteiger partial charge on any atom is -0.405 e. The lowest BCUT2D eigenvalue weighted by atomic mass is 10.2. The first kappa shape index (κ1) is 25.0. The van der Waals surface area contributed by atoms with Gasteiger partial charge in [0.05, 0.1) is 13.1 Å². The summed E-state index contributed by atoms with van der Waals surface area (Å²) in [7, 11) is 3.24. The highest BCUT2D eigenvalue weighted by Gasteiger charge is 2.31. The normalized spacial score (nSPS) is 11.3. The van der Waals surface area contributed by atoms with Gasteiger partial charge in [-0.05, 0) is 13.0 Å². The smallest absolute Gasteiger partial charge is 0.405 e. The minimum atomic E-state index is -4.78. The molecule has 0 heterocycles. The van der Waals surface area contributed by atoms with Gasteiger partial charge >= 0.3 is 6.36 Å². The first-order valence-electron chi connectivity index (χ1n) is 7.79. The number of para-hydroxylation sites is 1. The van der Waals surface area contributed by atoms with Crippen LogP contribution in [0.15, 0.2) is 41.4 Å². The Kier molecular flexibility index (Phi) is 10.8. The number of hydrogen-bond donors (Lipinski definition) is 2. The molecule has 0 spiro atoms. The molecule has 0 radical (unpaired) electrons. The van der Waals surface area contributed by atoms with Crippen LogP contribution in [0.4, 0.5) is 13.2 Å². The quantitative estimate of drug-likeness (QED) is 0.262. The van der Waals surface area contributed by atoms with Gasteiger partial charge < -0.3 is 20.3 Å². The number of halogens is 4. The van der Waals surface area contributed by atoms with Crippen molar-refractivity contribution in [3.8, 4) is 5.75 Å². The number of alkyl halides is 3. The van der Waals surface area contributed by atoms with Gasteiger partial charge in [0.15, 0.2) is 5.96 Å². The number of guanidine groups is 1. The summed E-state index contributed by atoms with van der Waals surface area (Å²) in [6, 6.07) is 5.76. The second-order valence-electron chi connectivity index (χ2n) is 5.77. The first-order valence-corrected chi connectivity index (χ1v) is 7.79. The van der Waals surface area contributed by atoms with E-state index in [4.69, 9.17) is 0 Å². The molecular formula is C17H24F3IN4O2. The molecule has 0 fully saturated rings. The van der Waals surface area contributed by atoms with E-state index in [9.17, 15) is 18.0 Å². The molecule has 0 aromatic heterocycles. The highest BCUT2D eigenvalue weighted by atomic mass is 127. The van der Waals surface area contributed by atoms with E-state index in [-0.39, 0.29) is 60.2 Å². The molecule has 1 rings (SSSR count). The summed E-state index contributed by atoms with van der Waals surface area (Å²) >= 11 is 0. The van der Waals surface area contributed by atoms with Crippen molar-refractivity contribution < 1.29 is 22.7 Å². The van der Waals surface area contributed by atoms with Crippen LogP contribution in [0.3, 0.4) is 0 Å². The van der Waals surface area contributed by atoms with E-state index in [1.165, 1.54) is 23.1 Å². The maximum Gasteiger partial charge on any atom is 0.573 e. The highest BCUT2D eigenvalue weighted by molar-refractivity contribution is 14.0. The molecule has 27 heavy (non-hydrogen) atoms. The number of carbonyl (C=O) groups excluding carboxylic acids is 1. The topological polar surface area (TPSA) is 66.0 Å². The molecule has 0 saturated heterocycles. The third-order valence-corrected chi connectivity index (χ3v) is 3.07. The SMILES string of the molecule is C=C(C)CNC(=NCc1ccccc1OC(F)(F)F)NCC(=O)N(C)C.I. The number of hydrogen-bond acceptors (Lipinski definition) is 3. The minimum absolute atomic E-state index is 0. The summed E-state index contributed by atoms with van der Waals surface area (Å²) in [4.78, 5) is 17.3. The Morgan fingerprint density at radius 3 is 2.37 bits per heavy atom. The van der Waals surface area contributed by atoms with E-state index in [1.54, 1.807) is 20.2 Å². The van der Waals surface area contributed by atoms with E-state index >= 15 is 0 Å². The van der Waals surface area contributed by atoms with Crippen molar-refractivity contribution in [3.63, 3.8) is 0 Å². The van der Waals surface area contributed by atoms with E-state index in [2.05, 4.69) is 26.9 Å². The fraction of sp³-hybridized carbons (Fsp3) is 0.412. The van der Waals surface area contributed by atoms with Crippen LogP contribution in [0.25, 0.3) is 0 Å². The molecular weight excluding hydrogens is 476 g/mol. The average Bonchev–Trinajstić information content (AvgIpc) is 2.53. The zero-order valence-corrected chi connectivity index (χ0v) is 17.7. The monoisotopic (exact) mass is 500 g/mol. The number of amides is 1. The third-order valence-electron chi connectivity index (χ3n) is 3.07. The van der Waals surface area contributed by atoms with Gasteiger partial charge in [-0.2, -0.15) is 0 Å². The van der Waals surface area contributed by atoms with E-state index in [0.717, 1.165) is 5.57 Å². The van der Waals surface area contributed by atoms with Crippen LogP contribution >= 0.6 is 24.0 Å². The van der Waals surface area contributed by atoms with Crippen LogP contribution < -0.4 is 15.4 Å². The lowest BCUT2D eigenvalue weighted by molar-refractivity contribution is -0.274. The number of aliphatic imine (C=N–C) groups is 1. The van der Waals surface area contributed by atoms with Gasteiger partial charge in [0.1, 0.15) is 5.75 Å². The Labute approximate surface area is 173 Å². The molecule has 0 aliphatic carbocycles. The predicted molar refractivity (Wildman–Crippen MR) is 109 cm³/mol. The number of rotatable bonds is 7. The number of carbonyl (C=O) groups is 1. The van der Waals surface area contributed by atoms with Crippen LogP contribution in [-0.2, 0) is 11.3 Å². The fourth-order valence-electron chi connectivity index (χ4n) is 1.75. The average molecular weight is 500 g/mol. The van der Waals surface area contributed by atoms with Gasteiger partial charge in [-0.1, -0.05) is 30.4 Å². The summed E-state index contributed by atoms with van der Waals surface area (Å²) in [6.45, 7) is 5.91. The van der Waals surface area contributed by atoms with Crippen LogP contribution in [0, 0.1) is 0 Å². The standard InChI is InChI=1S/C17H23F3N4O2.HI/c1-12(2)9-21-16(23-11-15(25)24(3)4)22-10-13-7-5-6-8-14(13)26-17(18,19)20;/h5-8H,1,9-11H2,2-4H3,(H2,21,22,23);1H. The fourth-order valence-corrected chi connectivity index (χ4v) is 1.75. The highest BCUT2D eigenvalue weighted by Crippen LogP contribution is 2.26. The Hall–Kier alpha value is -1.98. The van der Waals surface area contributed by atoms with Crippen molar-refractivity contribution in [3.05, 3.63) is 42.0 Å². The lowest BCUT2D eigenvalue weighted by Gasteiger charge is -2.16. The number of benzene rings is 1. The molecule has 1 aromatic carbocycles. The molecule has 0 aliphatic heterocycles. The van der Waals surface area contributed by atoms with Crippen molar-refractivity contribution in [1.29, 1.82) is 0 Å². The summed E-state index contributed by atoms with van der Waals surface area (Å²) in [5, 5.41) is 5.79. The summed E-state index contributed by atoms with van der Waals surface area (Å²) in [5.41, 5.74) is 1.10. The zero-order valence-electron chi connectivity index (χ0n) is 15.4. The molecule has 0 aliphatic rings.